The van der Waals surface area contributed by atoms with E-state index in [2.05, 4.69) is 13.8 Å². The fraction of sp³-hybridized carbons (Fsp3) is 0.500. The van der Waals surface area contributed by atoms with Crippen molar-refractivity contribution in [2.24, 2.45) is 5.92 Å². The minimum absolute atomic E-state index is 0.00595. The first-order valence-electron chi connectivity index (χ1n) is 5.15. The van der Waals surface area contributed by atoms with E-state index < -0.39 is 0 Å². The number of ether oxygens (including phenoxy) is 1. The first kappa shape index (κ1) is 12.3. The topological polar surface area (TPSA) is 29.5 Å². The summed E-state index contributed by atoms with van der Waals surface area (Å²) in [6.07, 6.45) is 1.01. The predicted octanol–water partition coefficient (Wildman–Crippen LogP) is 3.26. The van der Waals surface area contributed by atoms with Crippen LogP contribution in [-0.4, -0.2) is 11.7 Å². The van der Waals surface area contributed by atoms with Gasteiger partial charge < -0.3 is 9.84 Å². The molecule has 0 spiro atoms. The van der Waals surface area contributed by atoms with Gasteiger partial charge in [-0.15, -0.1) is 0 Å². The number of benzene rings is 1. The first-order chi connectivity index (χ1) is 7.13. The van der Waals surface area contributed by atoms with E-state index in [1.807, 2.05) is 6.07 Å². The van der Waals surface area contributed by atoms with E-state index in [1.165, 1.54) is 0 Å². The maximum atomic E-state index is 8.90. The monoisotopic (exact) mass is 228 g/mol. The summed E-state index contributed by atoms with van der Waals surface area (Å²) < 4.78 is 5.53. The van der Waals surface area contributed by atoms with Gasteiger partial charge in [0.25, 0.3) is 0 Å². The van der Waals surface area contributed by atoms with Crippen LogP contribution in [0.25, 0.3) is 0 Å². The van der Waals surface area contributed by atoms with Crippen molar-refractivity contribution in [1.29, 1.82) is 0 Å². The molecular weight excluding hydrogens is 212 g/mol. The maximum Gasteiger partial charge on any atom is 0.137 e. The highest BCUT2D eigenvalue weighted by Gasteiger charge is 2.03. The van der Waals surface area contributed by atoms with Gasteiger partial charge in [-0.1, -0.05) is 31.5 Å². The Kier molecular flexibility index (Phi) is 4.92. The minimum atomic E-state index is 0.00595. The van der Waals surface area contributed by atoms with Gasteiger partial charge >= 0.3 is 0 Å². The van der Waals surface area contributed by atoms with Crippen molar-refractivity contribution in [1.82, 2.24) is 0 Å². The van der Waals surface area contributed by atoms with Crippen molar-refractivity contribution in [2.45, 2.75) is 26.9 Å². The molecule has 84 valence electrons. The number of hydrogen-bond acceptors (Lipinski definition) is 2. The second kappa shape index (κ2) is 5.99. The molecule has 0 aliphatic carbocycles. The molecular formula is C12H17ClO2. The number of aliphatic hydroxyl groups excluding tert-OH is 1. The molecule has 3 heteroatoms. The fourth-order valence-electron chi connectivity index (χ4n) is 1.16. The zero-order valence-corrected chi connectivity index (χ0v) is 9.92. The van der Waals surface area contributed by atoms with Gasteiger partial charge in [-0.2, -0.15) is 0 Å². The normalized spacial score (nSPS) is 10.7. The molecule has 1 N–H and O–H groups in total. The van der Waals surface area contributed by atoms with Crippen LogP contribution in [0.1, 0.15) is 25.8 Å². The van der Waals surface area contributed by atoms with Crippen LogP contribution in [0.2, 0.25) is 5.02 Å². The van der Waals surface area contributed by atoms with Crippen molar-refractivity contribution in [3.8, 4) is 5.75 Å². The lowest BCUT2D eigenvalue weighted by atomic mass is 10.1. The van der Waals surface area contributed by atoms with Crippen LogP contribution >= 0.6 is 11.6 Å². The molecule has 1 rings (SSSR count). The molecule has 0 amide bonds. The van der Waals surface area contributed by atoms with E-state index in [1.54, 1.807) is 12.1 Å². The summed E-state index contributed by atoms with van der Waals surface area (Å²) in [6.45, 7) is 4.99. The van der Waals surface area contributed by atoms with Crippen LogP contribution < -0.4 is 4.74 Å². The van der Waals surface area contributed by atoms with Crippen LogP contribution in [0.15, 0.2) is 18.2 Å². The second-order valence-corrected chi connectivity index (χ2v) is 4.36. The zero-order valence-electron chi connectivity index (χ0n) is 9.16. The molecule has 15 heavy (non-hydrogen) atoms. The Labute approximate surface area is 95.8 Å². The quantitative estimate of drug-likeness (QED) is 0.838. The summed E-state index contributed by atoms with van der Waals surface area (Å²) in [6, 6.07) is 5.34. The Hall–Kier alpha value is -0.730. The van der Waals surface area contributed by atoms with Crippen molar-refractivity contribution in [3.63, 3.8) is 0 Å². The van der Waals surface area contributed by atoms with Gasteiger partial charge in [-0.25, -0.2) is 0 Å². The van der Waals surface area contributed by atoms with Gasteiger partial charge in [-0.05, 0) is 30.0 Å². The smallest absolute Gasteiger partial charge is 0.137 e. The third-order valence-electron chi connectivity index (χ3n) is 2.13. The number of halogens is 1. The summed E-state index contributed by atoms with van der Waals surface area (Å²) in [4.78, 5) is 0. The van der Waals surface area contributed by atoms with Crippen molar-refractivity contribution >= 4 is 11.6 Å². The lowest BCUT2D eigenvalue weighted by Gasteiger charge is -2.10. The van der Waals surface area contributed by atoms with Crippen molar-refractivity contribution in [2.75, 3.05) is 6.61 Å². The standard InChI is InChI=1S/C12H17ClO2/c1-9(2)5-6-15-12-4-3-10(8-14)7-11(12)13/h3-4,7,9,14H,5-6,8H2,1-2H3. The average molecular weight is 229 g/mol. The summed E-state index contributed by atoms with van der Waals surface area (Å²) in [5, 5.41) is 9.46. The highest BCUT2D eigenvalue weighted by Crippen LogP contribution is 2.25. The van der Waals surface area contributed by atoms with Gasteiger partial charge in [0.2, 0.25) is 0 Å². The molecule has 2 nitrogen and oxygen atoms in total. The van der Waals surface area contributed by atoms with Gasteiger partial charge in [0, 0.05) is 0 Å². The van der Waals surface area contributed by atoms with Crippen LogP contribution in [0.5, 0.6) is 5.75 Å². The average Bonchev–Trinajstić information content (AvgIpc) is 2.20. The summed E-state index contributed by atoms with van der Waals surface area (Å²) in [5.74, 6) is 1.31. The van der Waals surface area contributed by atoms with E-state index in [0.29, 0.717) is 23.3 Å². The lowest BCUT2D eigenvalue weighted by molar-refractivity contribution is 0.279. The van der Waals surface area contributed by atoms with Crippen molar-refractivity contribution < 1.29 is 9.84 Å². The molecule has 0 unspecified atom stereocenters. The number of rotatable bonds is 5. The Bertz CT molecular complexity index is 310. The van der Waals surface area contributed by atoms with Gasteiger partial charge in [0.1, 0.15) is 5.75 Å². The highest BCUT2D eigenvalue weighted by molar-refractivity contribution is 6.32. The Morgan fingerprint density at radius 1 is 1.40 bits per heavy atom. The highest BCUT2D eigenvalue weighted by atomic mass is 35.5. The molecule has 0 saturated heterocycles. The van der Waals surface area contributed by atoms with E-state index in [9.17, 15) is 0 Å². The van der Waals surface area contributed by atoms with Crippen LogP contribution in [0, 0.1) is 5.92 Å². The van der Waals surface area contributed by atoms with E-state index in [-0.39, 0.29) is 6.61 Å². The predicted molar refractivity (Wildman–Crippen MR) is 62.3 cm³/mol. The Morgan fingerprint density at radius 2 is 2.13 bits per heavy atom. The molecule has 1 aromatic carbocycles. The molecule has 0 radical (unpaired) electrons. The molecule has 0 heterocycles. The van der Waals surface area contributed by atoms with Crippen LogP contribution in [-0.2, 0) is 6.61 Å². The molecule has 0 bridgehead atoms. The Balaban J connectivity index is 2.54. The zero-order chi connectivity index (χ0) is 11.3. The molecule has 0 aliphatic heterocycles. The molecule has 0 atom stereocenters. The third-order valence-corrected chi connectivity index (χ3v) is 2.43. The third kappa shape index (κ3) is 4.10. The van der Waals surface area contributed by atoms with Crippen LogP contribution in [0.4, 0.5) is 0 Å². The number of aliphatic hydroxyl groups is 1. The molecule has 1 aromatic rings. The maximum absolute atomic E-state index is 8.90. The second-order valence-electron chi connectivity index (χ2n) is 3.95. The van der Waals surface area contributed by atoms with E-state index in [0.717, 1.165) is 12.0 Å². The molecule has 0 aromatic heterocycles. The lowest BCUT2D eigenvalue weighted by Crippen LogP contribution is -2.01. The van der Waals surface area contributed by atoms with Crippen molar-refractivity contribution in [3.05, 3.63) is 28.8 Å². The largest absolute Gasteiger partial charge is 0.492 e. The van der Waals surface area contributed by atoms with Gasteiger partial charge in [0.15, 0.2) is 0 Å². The summed E-state index contributed by atoms with van der Waals surface area (Å²) in [5.41, 5.74) is 0.802. The van der Waals surface area contributed by atoms with Gasteiger partial charge in [0.05, 0.1) is 18.2 Å². The number of hydrogen-bond donors (Lipinski definition) is 1. The minimum Gasteiger partial charge on any atom is -0.492 e. The van der Waals surface area contributed by atoms with E-state index in [4.69, 9.17) is 21.4 Å². The first-order valence-corrected chi connectivity index (χ1v) is 5.53. The summed E-state index contributed by atoms with van der Waals surface area (Å²) >= 11 is 5.99. The van der Waals surface area contributed by atoms with E-state index >= 15 is 0 Å². The summed E-state index contributed by atoms with van der Waals surface area (Å²) in [7, 11) is 0. The Morgan fingerprint density at radius 3 is 2.67 bits per heavy atom. The fourth-order valence-corrected chi connectivity index (χ4v) is 1.42. The molecule has 0 aliphatic rings. The van der Waals surface area contributed by atoms with Crippen LogP contribution in [0.3, 0.4) is 0 Å². The molecule has 0 fully saturated rings. The molecule has 0 saturated carbocycles. The van der Waals surface area contributed by atoms with Gasteiger partial charge in [-0.3, -0.25) is 0 Å². The SMILES string of the molecule is CC(C)CCOc1ccc(CO)cc1Cl.